The third kappa shape index (κ3) is 2.66. The van der Waals surface area contributed by atoms with Crippen LogP contribution in [-0.4, -0.2) is 69.1 Å². The molecule has 3 heterocycles. The molecule has 23 heavy (non-hydrogen) atoms. The van der Waals surface area contributed by atoms with Crippen molar-refractivity contribution in [2.24, 2.45) is 5.92 Å². The Morgan fingerprint density at radius 3 is 2.91 bits per heavy atom. The first-order chi connectivity index (χ1) is 10.9. The van der Waals surface area contributed by atoms with Crippen LogP contribution in [0.2, 0.25) is 0 Å². The standard InChI is InChI=1S/C17H24N2O3S/c1-18(2)15-11-23(20,21)17-10-19(9-14(15)17)8-12-3-4-16-13(7-12)5-6-22-16/h3-4,7,14-15,17H,5-6,8-11H2,1-2H3/t14-,15+,17-/m0/s1. The molecule has 0 aromatic heterocycles. The third-order valence-electron chi connectivity index (χ3n) is 5.57. The van der Waals surface area contributed by atoms with Crippen LogP contribution in [-0.2, 0) is 22.8 Å². The van der Waals surface area contributed by atoms with Gasteiger partial charge in [-0.1, -0.05) is 12.1 Å². The molecule has 3 aliphatic heterocycles. The fraction of sp³-hybridized carbons (Fsp3) is 0.647. The second kappa shape index (κ2) is 5.46. The average molecular weight is 336 g/mol. The molecule has 1 aromatic rings. The molecule has 0 radical (unpaired) electrons. The van der Waals surface area contributed by atoms with Crippen LogP contribution in [0.1, 0.15) is 11.1 Å². The lowest BCUT2D eigenvalue weighted by Crippen LogP contribution is -2.37. The molecular formula is C17H24N2O3S. The minimum atomic E-state index is -2.96. The van der Waals surface area contributed by atoms with Crippen molar-refractivity contribution >= 4 is 9.84 Å². The van der Waals surface area contributed by atoms with Gasteiger partial charge >= 0.3 is 0 Å². The molecule has 0 bridgehead atoms. The van der Waals surface area contributed by atoms with Crippen molar-refractivity contribution in [2.45, 2.75) is 24.3 Å². The number of nitrogens with zero attached hydrogens (tertiary/aromatic N) is 2. The lowest BCUT2D eigenvalue weighted by Gasteiger charge is -2.25. The summed E-state index contributed by atoms with van der Waals surface area (Å²) >= 11 is 0. The maximum atomic E-state index is 12.4. The number of rotatable bonds is 3. The first-order valence-corrected chi connectivity index (χ1v) is 10.0. The van der Waals surface area contributed by atoms with Gasteiger partial charge in [-0.3, -0.25) is 4.90 Å². The Bertz CT molecular complexity index is 717. The summed E-state index contributed by atoms with van der Waals surface area (Å²) in [6.07, 6.45) is 0.978. The molecule has 126 valence electrons. The molecule has 0 amide bonds. The zero-order valence-electron chi connectivity index (χ0n) is 13.7. The monoisotopic (exact) mass is 336 g/mol. The molecule has 4 rings (SSSR count). The summed E-state index contributed by atoms with van der Waals surface area (Å²) in [7, 11) is 1.03. The lowest BCUT2D eigenvalue weighted by molar-refractivity contribution is 0.229. The van der Waals surface area contributed by atoms with Crippen LogP contribution in [0.25, 0.3) is 0 Å². The van der Waals surface area contributed by atoms with Gasteiger partial charge in [-0.15, -0.1) is 0 Å². The smallest absolute Gasteiger partial charge is 0.156 e. The van der Waals surface area contributed by atoms with E-state index in [0.717, 1.165) is 31.9 Å². The summed E-state index contributed by atoms with van der Waals surface area (Å²) in [5.74, 6) is 1.56. The molecule has 1 aromatic carbocycles. The molecule has 6 heteroatoms. The minimum absolute atomic E-state index is 0.156. The second-order valence-electron chi connectivity index (χ2n) is 7.30. The summed E-state index contributed by atoms with van der Waals surface area (Å²) in [5.41, 5.74) is 2.54. The highest BCUT2D eigenvalue weighted by Gasteiger charge is 2.52. The minimum Gasteiger partial charge on any atom is -0.493 e. The number of fused-ring (bicyclic) bond motifs is 2. The van der Waals surface area contributed by atoms with Crippen LogP contribution in [0.15, 0.2) is 18.2 Å². The van der Waals surface area contributed by atoms with E-state index >= 15 is 0 Å². The topological polar surface area (TPSA) is 49.9 Å². The number of benzene rings is 1. The summed E-state index contributed by atoms with van der Waals surface area (Å²) in [6.45, 7) is 3.15. The number of hydrogen-bond acceptors (Lipinski definition) is 5. The Balaban J connectivity index is 1.50. The van der Waals surface area contributed by atoms with Crippen molar-refractivity contribution in [1.29, 1.82) is 0 Å². The Labute approximate surface area is 138 Å². The van der Waals surface area contributed by atoms with Gasteiger partial charge in [0.25, 0.3) is 0 Å². The predicted octanol–water partition coefficient (Wildman–Crippen LogP) is 0.781. The molecular weight excluding hydrogens is 312 g/mol. The van der Waals surface area contributed by atoms with E-state index in [1.807, 2.05) is 20.2 Å². The zero-order valence-corrected chi connectivity index (χ0v) is 14.6. The quantitative estimate of drug-likeness (QED) is 0.816. The Kier molecular flexibility index (Phi) is 3.66. The van der Waals surface area contributed by atoms with Gasteiger partial charge in [-0.25, -0.2) is 8.42 Å². The van der Waals surface area contributed by atoms with Crippen LogP contribution in [0, 0.1) is 5.92 Å². The van der Waals surface area contributed by atoms with E-state index in [4.69, 9.17) is 4.74 Å². The highest BCUT2D eigenvalue weighted by Crippen LogP contribution is 2.36. The predicted molar refractivity (Wildman–Crippen MR) is 89.5 cm³/mol. The van der Waals surface area contributed by atoms with Crippen molar-refractivity contribution in [1.82, 2.24) is 9.80 Å². The Hall–Kier alpha value is -1.11. The fourth-order valence-electron chi connectivity index (χ4n) is 4.37. The van der Waals surface area contributed by atoms with Crippen molar-refractivity contribution < 1.29 is 13.2 Å². The lowest BCUT2D eigenvalue weighted by atomic mass is 10.00. The van der Waals surface area contributed by atoms with Crippen molar-refractivity contribution in [3.8, 4) is 5.75 Å². The Morgan fingerprint density at radius 1 is 1.30 bits per heavy atom. The highest BCUT2D eigenvalue weighted by molar-refractivity contribution is 7.92. The molecule has 0 N–H and O–H groups in total. The van der Waals surface area contributed by atoms with Crippen LogP contribution < -0.4 is 4.74 Å². The molecule has 0 spiro atoms. The average Bonchev–Trinajstić information content (AvgIpc) is 3.15. The van der Waals surface area contributed by atoms with Gasteiger partial charge in [0.05, 0.1) is 17.6 Å². The van der Waals surface area contributed by atoms with Gasteiger partial charge in [-0.05, 0) is 31.3 Å². The number of likely N-dealkylation sites (tertiary alicyclic amines) is 1. The van der Waals surface area contributed by atoms with E-state index in [1.54, 1.807) is 0 Å². The van der Waals surface area contributed by atoms with Gasteiger partial charge in [0.1, 0.15) is 5.75 Å². The number of ether oxygens (including phenoxy) is 1. The second-order valence-corrected chi connectivity index (χ2v) is 9.56. The van der Waals surface area contributed by atoms with Crippen molar-refractivity contribution in [3.63, 3.8) is 0 Å². The Morgan fingerprint density at radius 2 is 2.13 bits per heavy atom. The normalized spacial score (nSPS) is 32.0. The molecule has 3 atom stereocenters. The molecule has 5 nitrogen and oxygen atoms in total. The molecule has 0 aliphatic carbocycles. The van der Waals surface area contributed by atoms with E-state index < -0.39 is 9.84 Å². The zero-order chi connectivity index (χ0) is 16.2. The summed E-state index contributed by atoms with van der Waals surface area (Å²) in [6, 6.07) is 6.53. The van der Waals surface area contributed by atoms with Gasteiger partial charge in [-0.2, -0.15) is 0 Å². The van der Waals surface area contributed by atoms with E-state index in [-0.39, 0.29) is 17.2 Å². The first kappa shape index (κ1) is 15.4. The van der Waals surface area contributed by atoms with Crippen LogP contribution >= 0.6 is 0 Å². The molecule has 0 unspecified atom stereocenters. The van der Waals surface area contributed by atoms with Crippen LogP contribution in [0.5, 0.6) is 5.75 Å². The van der Waals surface area contributed by atoms with E-state index in [1.165, 1.54) is 11.1 Å². The first-order valence-electron chi connectivity index (χ1n) is 8.29. The SMILES string of the molecule is CN(C)[C@@H]1CS(=O)(=O)[C@H]2CN(Cc3ccc4c(c3)CCO4)C[C@@H]12. The molecule has 2 fully saturated rings. The number of sulfone groups is 1. The largest absolute Gasteiger partial charge is 0.493 e. The van der Waals surface area contributed by atoms with Crippen molar-refractivity contribution in [2.75, 3.05) is 39.5 Å². The van der Waals surface area contributed by atoms with Crippen molar-refractivity contribution in [3.05, 3.63) is 29.3 Å². The summed E-state index contributed by atoms with van der Waals surface area (Å²) in [5, 5.41) is -0.187. The fourth-order valence-corrected chi connectivity index (χ4v) is 6.88. The van der Waals surface area contributed by atoms with E-state index in [2.05, 4.69) is 21.9 Å². The van der Waals surface area contributed by atoms with Gasteiger partial charge in [0, 0.05) is 38.0 Å². The summed E-state index contributed by atoms with van der Waals surface area (Å²) in [4.78, 5) is 4.39. The van der Waals surface area contributed by atoms with Gasteiger partial charge < -0.3 is 9.64 Å². The summed E-state index contributed by atoms with van der Waals surface area (Å²) < 4.78 is 30.4. The maximum Gasteiger partial charge on any atom is 0.156 e. The van der Waals surface area contributed by atoms with E-state index in [9.17, 15) is 8.42 Å². The maximum absolute atomic E-state index is 12.4. The van der Waals surface area contributed by atoms with Crippen LogP contribution in [0.3, 0.4) is 0 Å². The van der Waals surface area contributed by atoms with Gasteiger partial charge in [0.15, 0.2) is 9.84 Å². The number of hydrogen-bond donors (Lipinski definition) is 0. The highest BCUT2D eigenvalue weighted by atomic mass is 32.2. The molecule has 0 saturated carbocycles. The molecule has 2 saturated heterocycles. The third-order valence-corrected chi connectivity index (χ3v) is 7.79. The van der Waals surface area contributed by atoms with Gasteiger partial charge in [0.2, 0.25) is 0 Å². The molecule has 3 aliphatic rings. The van der Waals surface area contributed by atoms with E-state index in [0.29, 0.717) is 12.3 Å². The van der Waals surface area contributed by atoms with Crippen LogP contribution in [0.4, 0.5) is 0 Å².